The fourth-order valence-electron chi connectivity index (χ4n) is 2.84. The van der Waals surface area contributed by atoms with Gasteiger partial charge in [0.05, 0.1) is 11.8 Å². The van der Waals surface area contributed by atoms with E-state index in [4.69, 9.17) is 0 Å². The van der Waals surface area contributed by atoms with Gasteiger partial charge in [-0.2, -0.15) is 0 Å². The Kier molecular flexibility index (Phi) is 5.11. The molecule has 0 bridgehead atoms. The van der Waals surface area contributed by atoms with E-state index in [1.165, 1.54) is 0 Å². The minimum Gasteiger partial charge on any atom is -0.298 e. The monoisotopic (exact) mass is 290 g/mol. The largest absolute Gasteiger partial charge is 0.298 e. The van der Waals surface area contributed by atoms with Crippen molar-refractivity contribution in [3.8, 4) is 0 Å². The lowest BCUT2D eigenvalue weighted by molar-refractivity contribution is -0.120. The lowest BCUT2D eigenvalue weighted by atomic mass is 9.78. The molecule has 112 valence electrons. The van der Waals surface area contributed by atoms with Gasteiger partial charge in [0.2, 0.25) is 0 Å². The van der Waals surface area contributed by atoms with Crippen molar-refractivity contribution in [1.82, 2.24) is 0 Å². The Hall–Kier alpha value is -2.41. The van der Waals surface area contributed by atoms with Gasteiger partial charge in [-0.1, -0.05) is 85.0 Å². The van der Waals surface area contributed by atoms with Crippen LogP contribution < -0.4 is 0 Å². The van der Waals surface area contributed by atoms with Crippen LogP contribution in [0, 0.1) is 0 Å². The predicted molar refractivity (Wildman–Crippen MR) is 93.0 cm³/mol. The quantitative estimate of drug-likeness (QED) is 0.662. The van der Waals surface area contributed by atoms with E-state index in [0.717, 1.165) is 22.3 Å². The lowest BCUT2D eigenvalue weighted by Gasteiger charge is -2.24. The van der Waals surface area contributed by atoms with E-state index in [0.29, 0.717) is 0 Å². The maximum Gasteiger partial charge on any atom is 0.155 e. The lowest BCUT2D eigenvalue weighted by Crippen LogP contribution is -2.22. The van der Waals surface area contributed by atoms with Crippen molar-refractivity contribution in [1.29, 1.82) is 0 Å². The Balaban J connectivity index is 2.45. The van der Waals surface area contributed by atoms with Crippen molar-refractivity contribution in [2.75, 3.05) is 0 Å². The standard InChI is InChI=1S/C21H22O/c1-15(2)19(17-11-7-5-8-12-17)21(22)20(16(3)4)18-13-9-6-10-14-18/h5-14,19-20H,1,3H2,2,4H3. The second-order valence-corrected chi connectivity index (χ2v) is 5.78. The van der Waals surface area contributed by atoms with Gasteiger partial charge >= 0.3 is 0 Å². The molecule has 2 atom stereocenters. The van der Waals surface area contributed by atoms with E-state index in [1.54, 1.807) is 0 Å². The van der Waals surface area contributed by atoms with Gasteiger partial charge in [0.1, 0.15) is 0 Å². The van der Waals surface area contributed by atoms with Crippen LogP contribution in [0.1, 0.15) is 36.8 Å². The van der Waals surface area contributed by atoms with Gasteiger partial charge in [-0.3, -0.25) is 4.79 Å². The number of hydrogen-bond donors (Lipinski definition) is 0. The summed E-state index contributed by atoms with van der Waals surface area (Å²) in [6.07, 6.45) is 0. The first-order valence-corrected chi connectivity index (χ1v) is 7.46. The van der Waals surface area contributed by atoms with Crippen LogP contribution in [0.3, 0.4) is 0 Å². The summed E-state index contributed by atoms with van der Waals surface area (Å²) >= 11 is 0. The summed E-state index contributed by atoms with van der Waals surface area (Å²) in [4.78, 5) is 13.2. The smallest absolute Gasteiger partial charge is 0.155 e. The summed E-state index contributed by atoms with van der Waals surface area (Å²) in [6.45, 7) is 11.9. The van der Waals surface area contributed by atoms with Crippen LogP contribution >= 0.6 is 0 Å². The Morgan fingerprint density at radius 1 is 0.727 bits per heavy atom. The Bertz CT molecular complexity index is 608. The fourth-order valence-corrected chi connectivity index (χ4v) is 2.84. The SMILES string of the molecule is C=C(C)C(C(=O)C(C(=C)C)c1ccccc1)c1ccccc1. The van der Waals surface area contributed by atoms with Gasteiger partial charge in [-0.15, -0.1) is 0 Å². The van der Waals surface area contributed by atoms with Crippen LogP contribution in [-0.4, -0.2) is 5.78 Å². The molecule has 2 rings (SSSR count). The van der Waals surface area contributed by atoms with Crippen molar-refractivity contribution in [3.05, 3.63) is 96.1 Å². The molecule has 0 spiro atoms. The summed E-state index contributed by atoms with van der Waals surface area (Å²) in [6, 6.07) is 19.7. The molecular weight excluding hydrogens is 268 g/mol. The molecule has 0 heterocycles. The second-order valence-electron chi connectivity index (χ2n) is 5.78. The molecule has 1 nitrogen and oxygen atoms in total. The number of ketones is 1. The van der Waals surface area contributed by atoms with Gasteiger partial charge in [0.25, 0.3) is 0 Å². The first-order valence-electron chi connectivity index (χ1n) is 7.46. The third kappa shape index (κ3) is 3.43. The van der Waals surface area contributed by atoms with E-state index in [-0.39, 0.29) is 17.6 Å². The van der Waals surface area contributed by atoms with Gasteiger partial charge in [-0.05, 0) is 25.0 Å². The minimum absolute atomic E-state index is 0.136. The van der Waals surface area contributed by atoms with Crippen LogP contribution in [0.5, 0.6) is 0 Å². The molecule has 0 aliphatic heterocycles. The summed E-state index contributed by atoms with van der Waals surface area (Å²) in [5.74, 6) is -0.469. The Morgan fingerprint density at radius 3 is 1.32 bits per heavy atom. The van der Waals surface area contributed by atoms with Crippen LogP contribution in [-0.2, 0) is 4.79 Å². The van der Waals surface area contributed by atoms with Crippen molar-refractivity contribution in [2.45, 2.75) is 25.7 Å². The average Bonchev–Trinajstić information content (AvgIpc) is 2.49. The highest BCUT2D eigenvalue weighted by Gasteiger charge is 2.30. The zero-order valence-corrected chi connectivity index (χ0v) is 13.3. The molecule has 0 saturated carbocycles. The maximum atomic E-state index is 13.2. The van der Waals surface area contributed by atoms with Crippen molar-refractivity contribution < 1.29 is 4.79 Å². The molecule has 0 aliphatic rings. The minimum atomic E-state index is -0.303. The Morgan fingerprint density at radius 2 is 1.05 bits per heavy atom. The van der Waals surface area contributed by atoms with Crippen LogP contribution in [0.4, 0.5) is 0 Å². The third-order valence-corrected chi connectivity index (χ3v) is 3.82. The molecule has 0 radical (unpaired) electrons. The number of hydrogen-bond acceptors (Lipinski definition) is 1. The molecule has 0 aliphatic carbocycles. The average molecular weight is 290 g/mol. The number of allylic oxidation sites excluding steroid dienone is 2. The molecule has 22 heavy (non-hydrogen) atoms. The third-order valence-electron chi connectivity index (χ3n) is 3.82. The molecule has 0 saturated heterocycles. The summed E-state index contributed by atoms with van der Waals surface area (Å²) in [5, 5.41) is 0. The van der Waals surface area contributed by atoms with Gasteiger partial charge in [0, 0.05) is 0 Å². The molecule has 2 aromatic carbocycles. The molecule has 0 aromatic heterocycles. The maximum absolute atomic E-state index is 13.2. The van der Waals surface area contributed by atoms with Crippen molar-refractivity contribution in [2.24, 2.45) is 0 Å². The fraction of sp³-hybridized carbons (Fsp3) is 0.190. The second kappa shape index (κ2) is 7.04. The zero-order valence-electron chi connectivity index (χ0n) is 13.3. The normalized spacial score (nSPS) is 13.2. The van der Waals surface area contributed by atoms with Crippen molar-refractivity contribution in [3.63, 3.8) is 0 Å². The van der Waals surface area contributed by atoms with Crippen molar-refractivity contribution >= 4 is 5.78 Å². The van der Waals surface area contributed by atoms with Gasteiger partial charge in [-0.25, -0.2) is 0 Å². The van der Waals surface area contributed by atoms with E-state index in [9.17, 15) is 4.79 Å². The molecule has 0 fully saturated rings. The van der Waals surface area contributed by atoms with E-state index < -0.39 is 0 Å². The highest BCUT2D eigenvalue weighted by Crippen LogP contribution is 2.34. The number of rotatable bonds is 6. The van der Waals surface area contributed by atoms with E-state index in [2.05, 4.69) is 13.2 Å². The molecular formula is C21H22O. The highest BCUT2D eigenvalue weighted by molar-refractivity contribution is 5.96. The molecule has 0 N–H and O–H groups in total. The Labute approximate surface area is 133 Å². The number of Topliss-reactive ketones (excluding diaryl/α,β-unsaturated/α-hetero) is 1. The summed E-state index contributed by atoms with van der Waals surface area (Å²) < 4.78 is 0. The summed E-state index contributed by atoms with van der Waals surface area (Å²) in [5.41, 5.74) is 3.70. The van der Waals surface area contributed by atoms with Crippen LogP contribution in [0.15, 0.2) is 85.0 Å². The summed E-state index contributed by atoms with van der Waals surface area (Å²) in [7, 11) is 0. The van der Waals surface area contributed by atoms with Crippen LogP contribution in [0.2, 0.25) is 0 Å². The van der Waals surface area contributed by atoms with Gasteiger partial charge in [0.15, 0.2) is 5.78 Å². The van der Waals surface area contributed by atoms with Crippen LogP contribution in [0.25, 0.3) is 0 Å². The first kappa shape index (κ1) is 16.0. The van der Waals surface area contributed by atoms with Gasteiger partial charge < -0.3 is 0 Å². The van der Waals surface area contributed by atoms with E-state index >= 15 is 0 Å². The zero-order chi connectivity index (χ0) is 16.1. The molecule has 0 amide bonds. The number of carbonyl (C=O) groups is 1. The molecule has 1 heteroatoms. The van der Waals surface area contributed by atoms with E-state index in [1.807, 2.05) is 74.5 Å². The first-order chi connectivity index (χ1) is 10.5. The molecule has 2 unspecified atom stereocenters. The topological polar surface area (TPSA) is 17.1 Å². The number of benzene rings is 2. The predicted octanol–water partition coefficient (Wildman–Crippen LogP) is 5.28. The highest BCUT2D eigenvalue weighted by atomic mass is 16.1. The molecule has 2 aromatic rings. The number of carbonyl (C=O) groups excluding carboxylic acids is 1.